The molecule has 0 bridgehead atoms. The van der Waals surface area contributed by atoms with Crippen molar-refractivity contribution in [1.29, 1.82) is 0 Å². The second kappa shape index (κ2) is 9.07. The molecule has 2 rings (SSSR count). The molecule has 2 aromatic carbocycles. The van der Waals surface area contributed by atoms with Crippen LogP contribution in [0.5, 0.6) is 0 Å². The van der Waals surface area contributed by atoms with Crippen molar-refractivity contribution in [2.75, 3.05) is 11.9 Å². The maximum atomic E-state index is 13.6. The van der Waals surface area contributed by atoms with Gasteiger partial charge in [-0.2, -0.15) is 0 Å². The Morgan fingerprint density at radius 3 is 2.29 bits per heavy atom. The number of aryl methyl sites for hydroxylation is 2. The highest BCUT2D eigenvalue weighted by atomic mass is 19.1. The maximum absolute atomic E-state index is 13.6. The van der Waals surface area contributed by atoms with Crippen LogP contribution in [0.4, 0.5) is 14.5 Å². The molecule has 2 aromatic rings. The van der Waals surface area contributed by atoms with Gasteiger partial charge in [-0.25, -0.2) is 8.78 Å². The summed E-state index contributed by atoms with van der Waals surface area (Å²) in [4.78, 5) is 35.9. The highest BCUT2D eigenvalue weighted by Crippen LogP contribution is 2.18. The fraction of sp³-hybridized carbons (Fsp3) is 0.250. The molecule has 0 aliphatic heterocycles. The largest absolute Gasteiger partial charge is 0.451 e. The second-order valence-electron chi connectivity index (χ2n) is 6.20. The van der Waals surface area contributed by atoms with Gasteiger partial charge in [-0.3, -0.25) is 14.4 Å². The minimum absolute atomic E-state index is 0.386. The van der Waals surface area contributed by atoms with Crippen molar-refractivity contribution >= 4 is 23.5 Å². The minimum Gasteiger partial charge on any atom is -0.451 e. The Labute approximate surface area is 160 Å². The molecular weight excluding hydrogens is 370 g/mol. The van der Waals surface area contributed by atoms with Gasteiger partial charge in [0.1, 0.15) is 23.9 Å². The molecule has 28 heavy (non-hydrogen) atoms. The first-order valence-electron chi connectivity index (χ1n) is 8.49. The lowest BCUT2D eigenvalue weighted by molar-refractivity contribution is -0.152. The van der Waals surface area contributed by atoms with Crippen LogP contribution in [0.1, 0.15) is 28.4 Å². The molecule has 148 valence electrons. The summed E-state index contributed by atoms with van der Waals surface area (Å²) >= 11 is 0. The van der Waals surface area contributed by atoms with Crippen LogP contribution in [-0.4, -0.2) is 30.4 Å². The van der Waals surface area contributed by atoms with Crippen LogP contribution in [0, 0.1) is 25.5 Å². The van der Waals surface area contributed by atoms with Gasteiger partial charge in [0.2, 0.25) is 0 Å². The highest BCUT2D eigenvalue weighted by molar-refractivity contribution is 5.97. The van der Waals surface area contributed by atoms with E-state index in [2.05, 4.69) is 5.32 Å². The topological polar surface area (TPSA) is 84.5 Å². The Morgan fingerprint density at radius 1 is 1.04 bits per heavy atom. The number of amides is 2. The number of hydrogen-bond acceptors (Lipinski definition) is 4. The van der Waals surface area contributed by atoms with Crippen molar-refractivity contribution in [3.05, 3.63) is 64.7 Å². The first kappa shape index (κ1) is 21.0. The van der Waals surface area contributed by atoms with Crippen molar-refractivity contribution in [1.82, 2.24) is 5.32 Å². The molecule has 0 aliphatic carbocycles. The second-order valence-corrected chi connectivity index (χ2v) is 6.20. The van der Waals surface area contributed by atoms with E-state index in [-0.39, 0.29) is 0 Å². The Balaban J connectivity index is 1.87. The molecule has 0 spiro atoms. The van der Waals surface area contributed by atoms with Gasteiger partial charge in [0.25, 0.3) is 11.8 Å². The van der Waals surface area contributed by atoms with E-state index in [1.807, 2.05) is 19.2 Å². The van der Waals surface area contributed by atoms with Gasteiger partial charge in [-0.1, -0.05) is 12.1 Å². The molecular formula is C20H20F2N2O4. The summed E-state index contributed by atoms with van der Waals surface area (Å²) in [6, 6.07) is 8.23. The zero-order valence-electron chi connectivity index (χ0n) is 15.6. The quantitative estimate of drug-likeness (QED) is 0.743. The van der Waals surface area contributed by atoms with Crippen LogP contribution in [-0.2, 0) is 14.3 Å². The number of carbonyl (C=O) groups excluding carboxylic acids is 3. The predicted octanol–water partition coefficient (Wildman–Crippen LogP) is 2.88. The fourth-order valence-electron chi connectivity index (χ4n) is 2.27. The molecule has 0 saturated heterocycles. The van der Waals surface area contributed by atoms with Crippen LogP contribution in [0.2, 0.25) is 0 Å². The van der Waals surface area contributed by atoms with E-state index in [0.717, 1.165) is 29.3 Å². The zero-order chi connectivity index (χ0) is 20.8. The van der Waals surface area contributed by atoms with Gasteiger partial charge in [0, 0.05) is 5.56 Å². The predicted molar refractivity (Wildman–Crippen MR) is 98.8 cm³/mol. The summed E-state index contributed by atoms with van der Waals surface area (Å²) in [7, 11) is 0. The molecule has 1 atom stereocenters. The molecule has 0 fully saturated rings. The third-order valence-corrected chi connectivity index (χ3v) is 4.05. The summed E-state index contributed by atoms with van der Waals surface area (Å²) in [6.45, 7) is 4.56. The van der Waals surface area contributed by atoms with E-state index in [1.54, 1.807) is 18.2 Å². The van der Waals surface area contributed by atoms with Gasteiger partial charge in [0.05, 0.1) is 0 Å². The summed E-state index contributed by atoms with van der Waals surface area (Å²) in [6.07, 6.45) is -1.31. The lowest BCUT2D eigenvalue weighted by Gasteiger charge is -2.14. The first-order chi connectivity index (χ1) is 13.2. The summed E-state index contributed by atoms with van der Waals surface area (Å²) < 4.78 is 32.0. The Hall–Kier alpha value is -3.29. The number of rotatable bonds is 6. The summed E-state index contributed by atoms with van der Waals surface area (Å²) in [5.41, 5.74) is 1.72. The van der Waals surface area contributed by atoms with Crippen LogP contribution in [0.15, 0.2) is 36.4 Å². The monoisotopic (exact) mass is 390 g/mol. The van der Waals surface area contributed by atoms with Gasteiger partial charge >= 0.3 is 5.97 Å². The average molecular weight is 390 g/mol. The van der Waals surface area contributed by atoms with E-state index in [0.29, 0.717) is 5.56 Å². The van der Waals surface area contributed by atoms with Crippen molar-refractivity contribution in [3.8, 4) is 0 Å². The Kier molecular flexibility index (Phi) is 6.81. The number of carbonyl (C=O) groups is 3. The van der Waals surface area contributed by atoms with Crippen molar-refractivity contribution in [2.45, 2.75) is 26.9 Å². The fourth-order valence-corrected chi connectivity index (χ4v) is 2.27. The number of esters is 1. The number of halogens is 2. The van der Waals surface area contributed by atoms with Crippen LogP contribution < -0.4 is 10.6 Å². The van der Waals surface area contributed by atoms with E-state index in [1.165, 1.54) is 6.92 Å². The molecule has 0 unspecified atom stereocenters. The molecule has 2 N–H and O–H groups in total. The average Bonchev–Trinajstić information content (AvgIpc) is 2.64. The number of nitrogens with one attached hydrogen (secondary N) is 2. The zero-order valence-corrected chi connectivity index (χ0v) is 15.6. The van der Waals surface area contributed by atoms with Crippen LogP contribution >= 0.6 is 0 Å². The van der Waals surface area contributed by atoms with Crippen molar-refractivity contribution in [2.24, 2.45) is 0 Å². The SMILES string of the molecule is Cc1ccc(C(=O)NCC(=O)O[C@H](C)C(=O)Nc2c(F)cccc2F)cc1C. The lowest BCUT2D eigenvalue weighted by Crippen LogP contribution is -2.36. The number of para-hydroxylation sites is 1. The van der Waals surface area contributed by atoms with Gasteiger partial charge in [-0.15, -0.1) is 0 Å². The Morgan fingerprint density at radius 2 is 1.68 bits per heavy atom. The van der Waals surface area contributed by atoms with Crippen LogP contribution in [0.25, 0.3) is 0 Å². The molecule has 0 aromatic heterocycles. The summed E-state index contributed by atoms with van der Waals surface area (Å²) in [5.74, 6) is -4.14. The molecule has 0 heterocycles. The number of ether oxygens (including phenoxy) is 1. The standard InChI is InChI=1S/C20H20F2N2O4/c1-11-7-8-14(9-12(11)2)20(27)23-10-17(25)28-13(3)19(26)24-18-15(21)5-4-6-16(18)22/h4-9,13H,10H2,1-3H3,(H,23,27)(H,24,26)/t13-/m1/s1. The smallest absolute Gasteiger partial charge is 0.326 e. The summed E-state index contributed by atoms with van der Waals surface area (Å²) in [5, 5.41) is 4.42. The number of hydrogen-bond donors (Lipinski definition) is 2. The minimum atomic E-state index is -1.31. The molecule has 6 nitrogen and oxygen atoms in total. The molecule has 0 aliphatic rings. The normalized spacial score (nSPS) is 11.5. The van der Waals surface area contributed by atoms with Crippen LogP contribution in [0.3, 0.4) is 0 Å². The van der Waals surface area contributed by atoms with E-state index < -0.39 is 47.8 Å². The van der Waals surface area contributed by atoms with E-state index >= 15 is 0 Å². The highest BCUT2D eigenvalue weighted by Gasteiger charge is 2.21. The Bertz CT molecular complexity index is 895. The van der Waals surface area contributed by atoms with Crippen molar-refractivity contribution < 1.29 is 27.9 Å². The van der Waals surface area contributed by atoms with E-state index in [9.17, 15) is 23.2 Å². The van der Waals surface area contributed by atoms with Gasteiger partial charge in [-0.05, 0) is 56.2 Å². The first-order valence-corrected chi connectivity index (χ1v) is 8.49. The molecule has 0 radical (unpaired) electrons. The maximum Gasteiger partial charge on any atom is 0.326 e. The molecule has 2 amide bonds. The third kappa shape index (κ3) is 5.35. The molecule has 8 heteroatoms. The van der Waals surface area contributed by atoms with E-state index in [4.69, 9.17) is 4.74 Å². The van der Waals surface area contributed by atoms with Crippen molar-refractivity contribution in [3.63, 3.8) is 0 Å². The molecule has 0 saturated carbocycles. The third-order valence-electron chi connectivity index (χ3n) is 4.05. The lowest BCUT2D eigenvalue weighted by atomic mass is 10.1. The number of benzene rings is 2. The van der Waals surface area contributed by atoms with Gasteiger partial charge in [0.15, 0.2) is 6.10 Å². The van der Waals surface area contributed by atoms with Gasteiger partial charge < -0.3 is 15.4 Å². The number of anilines is 1.